The quantitative estimate of drug-likeness (QED) is 0.800. The summed E-state index contributed by atoms with van der Waals surface area (Å²) in [5, 5.41) is 0. The Kier molecular flexibility index (Phi) is 4.33. The third kappa shape index (κ3) is 3.15. The summed E-state index contributed by atoms with van der Waals surface area (Å²) in [6.45, 7) is 0.706. The van der Waals surface area contributed by atoms with Crippen LogP contribution in [-0.2, 0) is 12.8 Å². The van der Waals surface area contributed by atoms with E-state index in [1.165, 1.54) is 17.7 Å². The number of rotatable bonds is 3. The number of hydrogen-bond acceptors (Lipinski definition) is 2. The molecule has 110 valence electrons. The fourth-order valence-corrected chi connectivity index (χ4v) is 3.74. The fourth-order valence-electron chi connectivity index (χ4n) is 2.64. The zero-order valence-corrected chi connectivity index (χ0v) is 14.4. The van der Waals surface area contributed by atoms with Crippen molar-refractivity contribution in [3.05, 3.63) is 61.8 Å². The van der Waals surface area contributed by atoms with Gasteiger partial charge in [-0.3, -0.25) is 0 Å². The molecule has 1 aliphatic heterocycles. The molecule has 1 aliphatic rings. The van der Waals surface area contributed by atoms with Crippen molar-refractivity contribution in [3.63, 3.8) is 0 Å². The molecule has 0 aliphatic carbocycles. The van der Waals surface area contributed by atoms with Crippen LogP contribution in [0.5, 0.6) is 5.75 Å². The number of ether oxygens (including phenoxy) is 1. The molecule has 5 heteroatoms. The van der Waals surface area contributed by atoms with Crippen molar-refractivity contribution in [2.75, 3.05) is 6.61 Å². The summed E-state index contributed by atoms with van der Waals surface area (Å²) >= 11 is 6.96. The summed E-state index contributed by atoms with van der Waals surface area (Å²) in [6.07, 6.45) is 1.52. The molecule has 3 rings (SSSR count). The maximum atomic E-state index is 13.4. The Bertz CT molecular complexity index is 690. The van der Waals surface area contributed by atoms with E-state index in [4.69, 9.17) is 10.5 Å². The molecular weight excluding hydrogens is 401 g/mol. The number of halogens is 3. The monoisotopic (exact) mass is 413 g/mol. The molecule has 0 bridgehead atoms. The molecule has 0 saturated carbocycles. The van der Waals surface area contributed by atoms with E-state index in [-0.39, 0.29) is 11.9 Å². The Morgan fingerprint density at radius 1 is 1.24 bits per heavy atom. The molecule has 2 nitrogen and oxygen atoms in total. The fraction of sp³-hybridized carbons (Fsp3) is 0.250. The smallest absolute Gasteiger partial charge is 0.125 e. The highest BCUT2D eigenvalue weighted by atomic mass is 79.9. The van der Waals surface area contributed by atoms with E-state index in [1.54, 1.807) is 6.07 Å². The zero-order chi connectivity index (χ0) is 15.0. The molecule has 0 radical (unpaired) electrons. The number of nitrogens with two attached hydrogens (primary N) is 1. The van der Waals surface area contributed by atoms with Crippen molar-refractivity contribution in [3.8, 4) is 5.75 Å². The first-order valence-electron chi connectivity index (χ1n) is 6.69. The topological polar surface area (TPSA) is 35.2 Å². The summed E-state index contributed by atoms with van der Waals surface area (Å²) in [4.78, 5) is 0. The predicted molar refractivity (Wildman–Crippen MR) is 88.1 cm³/mol. The molecular formula is C16H14Br2FNO. The highest BCUT2D eigenvalue weighted by Gasteiger charge is 2.20. The summed E-state index contributed by atoms with van der Waals surface area (Å²) in [5.41, 5.74) is 9.29. The van der Waals surface area contributed by atoms with Gasteiger partial charge in [0.05, 0.1) is 6.61 Å². The van der Waals surface area contributed by atoms with Gasteiger partial charge in [0.1, 0.15) is 11.6 Å². The van der Waals surface area contributed by atoms with Gasteiger partial charge >= 0.3 is 0 Å². The Morgan fingerprint density at radius 2 is 2.05 bits per heavy atom. The molecule has 0 fully saturated rings. The predicted octanol–water partition coefficient (Wildman–Crippen LogP) is 4.53. The van der Waals surface area contributed by atoms with Crippen molar-refractivity contribution in [2.24, 2.45) is 5.73 Å². The van der Waals surface area contributed by atoms with Gasteiger partial charge in [-0.2, -0.15) is 0 Å². The standard InChI is InChI=1S/C16H14Br2FNO/c17-11-5-9-3-4-21-16(9)10(6-11)7-15(20)13-8-12(19)1-2-14(13)18/h1-2,5-6,8,15H,3-4,7,20H2. The third-order valence-corrected chi connectivity index (χ3v) is 4.80. The van der Waals surface area contributed by atoms with Crippen LogP contribution in [0.2, 0.25) is 0 Å². The minimum atomic E-state index is -0.294. The Labute approximate surface area is 139 Å². The van der Waals surface area contributed by atoms with E-state index in [0.717, 1.165) is 32.2 Å². The van der Waals surface area contributed by atoms with E-state index in [2.05, 4.69) is 37.9 Å². The van der Waals surface area contributed by atoms with Crippen LogP contribution in [0.1, 0.15) is 22.7 Å². The first kappa shape index (κ1) is 15.0. The van der Waals surface area contributed by atoms with Gasteiger partial charge in [-0.15, -0.1) is 0 Å². The second-order valence-electron chi connectivity index (χ2n) is 5.13. The lowest BCUT2D eigenvalue weighted by Gasteiger charge is -2.16. The maximum absolute atomic E-state index is 13.4. The summed E-state index contributed by atoms with van der Waals surface area (Å²) in [6, 6.07) is 8.39. The van der Waals surface area contributed by atoms with Crippen molar-refractivity contribution >= 4 is 31.9 Å². The SMILES string of the molecule is NC(Cc1cc(Br)cc2c1OCC2)c1cc(F)ccc1Br. The van der Waals surface area contributed by atoms with Crippen LogP contribution in [0.25, 0.3) is 0 Å². The Morgan fingerprint density at radius 3 is 2.86 bits per heavy atom. The van der Waals surface area contributed by atoms with Gasteiger partial charge < -0.3 is 10.5 Å². The van der Waals surface area contributed by atoms with Gasteiger partial charge in [-0.05, 0) is 53.4 Å². The highest BCUT2D eigenvalue weighted by molar-refractivity contribution is 9.10. The van der Waals surface area contributed by atoms with Crippen molar-refractivity contribution in [2.45, 2.75) is 18.9 Å². The molecule has 0 saturated heterocycles. The van der Waals surface area contributed by atoms with Crippen molar-refractivity contribution in [1.29, 1.82) is 0 Å². The highest BCUT2D eigenvalue weighted by Crippen LogP contribution is 2.36. The van der Waals surface area contributed by atoms with E-state index >= 15 is 0 Å². The number of fused-ring (bicyclic) bond motifs is 1. The van der Waals surface area contributed by atoms with Gasteiger partial charge in [0.2, 0.25) is 0 Å². The molecule has 2 aromatic carbocycles. The van der Waals surface area contributed by atoms with E-state index in [9.17, 15) is 4.39 Å². The molecule has 21 heavy (non-hydrogen) atoms. The first-order chi connectivity index (χ1) is 10.0. The van der Waals surface area contributed by atoms with E-state index in [1.807, 2.05) is 6.07 Å². The van der Waals surface area contributed by atoms with Crippen LogP contribution in [0.15, 0.2) is 39.3 Å². The maximum Gasteiger partial charge on any atom is 0.125 e. The van der Waals surface area contributed by atoms with Crippen molar-refractivity contribution < 1.29 is 9.13 Å². The summed E-state index contributed by atoms with van der Waals surface area (Å²) < 4.78 is 21.0. The molecule has 0 aromatic heterocycles. The van der Waals surface area contributed by atoms with Crippen LogP contribution in [-0.4, -0.2) is 6.61 Å². The second-order valence-corrected chi connectivity index (χ2v) is 6.90. The zero-order valence-electron chi connectivity index (χ0n) is 11.2. The average molecular weight is 415 g/mol. The number of benzene rings is 2. The summed E-state index contributed by atoms with van der Waals surface area (Å²) in [7, 11) is 0. The average Bonchev–Trinajstić information content (AvgIpc) is 2.89. The van der Waals surface area contributed by atoms with E-state index < -0.39 is 0 Å². The second kappa shape index (κ2) is 6.07. The van der Waals surface area contributed by atoms with Crippen LogP contribution in [0.3, 0.4) is 0 Å². The van der Waals surface area contributed by atoms with Gasteiger partial charge in [0.25, 0.3) is 0 Å². The van der Waals surface area contributed by atoms with Crippen LogP contribution in [0, 0.1) is 5.82 Å². The summed E-state index contributed by atoms with van der Waals surface area (Å²) in [5.74, 6) is 0.653. The lowest BCUT2D eigenvalue weighted by molar-refractivity contribution is 0.352. The molecule has 1 unspecified atom stereocenters. The molecule has 1 atom stereocenters. The van der Waals surface area contributed by atoms with Gasteiger partial charge in [0.15, 0.2) is 0 Å². The first-order valence-corrected chi connectivity index (χ1v) is 8.28. The van der Waals surface area contributed by atoms with Gasteiger partial charge in [0, 0.05) is 21.4 Å². The van der Waals surface area contributed by atoms with Crippen molar-refractivity contribution in [1.82, 2.24) is 0 Å². The molecule has 0 amide bonds. The van der Waals surface area contributed by atoms with Gasteiger partial charge in [-0.25, -0.2) is 4.39 Å². The number of hydrogen-bond donors (Lipinski definition) is 1. The molecule has 2 aromatic rings. The van der Waals surface area contributed by atoms with Crippen LogP contribution in [0.4, 0.5) is 4.39 Å². The lowest BCUT2D eigenvalue weighted by Crippen LogP contribution is -2.15. The Hall–Kier alpha value is -0.910. The molecule has 0 spiro atoms. The molecule has 2 N–H and O–H groups in total. The Balaban J connectivity index is 1.92. The van der Waals surface area contributed by atoms with Gasteiger partial charge in [-0.1, -0.05) is 31.9 Å². The minimum absolute atomic E-state index is 0.278. The lowest BCUT2D eigenvalue weighted by atomic mass is 9.97. The normalized spacial score (nSPS) is 14.7. The van der Waals surface area contributed by atoms with Crippen LogP contribution >= 0.6 is 31.9 Å². The van der Waals surface area contributed by atoms with Crippen LogP contribution < -0.4 is 10.5 Å². The largest absolute Gasteiger partial charge is 0.493 e. The third-order valence-electron chi connectivity index (χ3n) is 3.62. The molecule has 1 heterocycles. The van der Waals surface area contributed by atoms with E-state index in [0.29, 0.717) is 13.0 Å². The minimum Gasteiger partial charge on any atom is -0.493 e.